The first-order chi connectivity index (χ1) is 20.3. The molecule has 43 heavy (non-hydrogen) atoms. The van der Waals surface area contributed by atoms with Crippen LogP contribution >= 0.6 is 15.9 Å². The number of imide groups is 1. The number of benzene rings is 2. The minimum atomic E-state index is -5.02. The molecule has 12 heteroatoms. The summed E-state index contributed by atoms with van der Waals surface area (Å²) >= 11 is 3.12. The van der Waals surface area contributed by atoms with Gasteiger partial charge in [-0.25, -0.2) is 0 Å². The molecule has 0 bridgehead atoms. The van der Waals surface area contributed by atoms with Gasteiger partial charge in [0.1, 0.15) is 17.2 Å². The molecule has 1 fully saturated rings. The molecule has 4 atom stereocenters. The summed E-state index contributed by atoms with van der Waals surface area (Å²) in [7, 11) is 0. The standard InChI is InChI=1S/C31H23BrF3NO7/c32-22-13-24(39)27-21(28(22)40)12-19-17(25(27)20-11-16(5-8-23(20)38)43-31(33,34)35)6-7-18-26(19)30(42)36(29(18)41)10-9-14-1-3-15(37)4-2-14/h1-6,8,11,13,18-19,25-26,37-38H,7,9-10,12H2. The molecule has 6 rings (SSSR count). The van der Waals surface area contributed by atoms with Crippen LogP contribution in [0.2, 0.25) is 0 Å². The van der Waals surface area contributed by atoms with Gasteiger partial charge in [-0.3, -0.25) is 24.1 Å². The van der Waals surface area contributed by atoms with Crippen molar-refractivity contribution in [2.45, 2.75) is 31.5 Å². The number of rotatable bonds is 5. The summed E-state index contributed by atoms with van der Waals surface area (Å²) in [4.78, 5) is 55.1. The fourth-order valence-electron chi connectivity index (χ4n) is 6.71. The van der Waals surface area contributed by atoms with Crippen molar-refractivity contribution < 1.29 is 47.3 Å². The minimum Gasteiger partial charge on any atom is -0.508 e. The Kier molecular flexibility index (Phi) is 7.07. The highest BCUT2D eigenvalue weighted by Gasteiger charge is 2.56. The first-order valence-electron chi connectivity index (χ1n) is 13.4. The quantitative estimate of drug-likeness (QED) is 0.264. The number of phenols is 2. The molecular formula is C31H23BrF3NO7. The minimum absolute atomic E-state index is 0.00230. The predicted molar refractivity (Wildman–Crippen MR) is 148 cm³/mol. The number of likely N-dealkylation sites (tertiary alicyclic amines) is 1. The van der Waals surface area contributed by atoms with Crippen LogP contribution in [0, 0.1) is 17.8 Å². The molecule has 0 spiro atoms. The van der Waals surface area contributed by atoms with Gasteiger partial charge in [-0.2, -0.15) is 0 Å². The summed E-state index contributed by atoms with van der Waals surface area (Å²) < 4.78 is 43.2. The fraction of sp³-hybridized carbons (Fsp3) is 0.290. The molecule has 2 N–H and O–H groups in total. The molecule has 4 aliphatic rings. The second kappa shape index (κ2) is 10.5. The van der Waals surface area contributed by atoms with E-state index in [-0.39, 0.29) is 52.2 Å². The van der Waals surface area contributed by atoms with Crippen LogP contribution in [-0.2, 0) is 25.6 Å². The number of hydrogen-bond acceptors (Lipinski definition) is 7. The Labute approximate surface area is 251 Å². The van der Waals surface area contributed by atoms with Gasteiger partial charge in [0.2, 0.25) is 11.8 Å². The summed E-state index contributed by atoms with van der Waals surface area (Å²) in [6.07, 6.45) is -1.77. The van der Waals surface area contributed by atoms with Gasteiger partial charge in [-0.15, -0.1) is 13.2 Å². The maximum atomic E-state index is 13.8. The molecule has 222 valence electrons. The average molecular weight is 658 g/mol. The van der Waals surface area contributed by atoms with Gasteiger partial charge in [0, 0.05) is 35.2 Å². The summed E-state index contributed by atoms with van der Waals surface area (Å²) in [5.41, 5.74) is 1.29. The maximum Gasteiger partial charge on any atom is 0.573 e. The average Bonchev–Trinajstić information content (AvgIpc) is 3.19. The van der Waals surface area contributed by atoms with Crippen LogP contribution in [0.5, 0.6) is 17.2 Å². The smallest absolute Gasteiger partial charge is 0.508 e. The van der Waals surface area contributed by atoms with E-state index in [9.17, 15) is 42.6 Å². The summed E-state index contributed by atoms with van der Waals surface area (Å²) in [6, 6.07) is 9.31. The van der Waals surface area contributed by atoms with Gasteiger partial charge >= 0.3 is 6.36 Å². The highest BCUT2D eigenvalue weighted by atomic mass is 79.9. The number of ether oxygens (including phenoxy) is 1. The number of Topliss-reactive ketones (excluding diaryl/α,β-unsaturated/α-hetero) is 1. The molecule has 2 amide bonds. The summed E-state index contributed by atoms with van der Waals surface area (Å²) in [5.74, 6) is -6.28. The molecule has 1 heterocycles. The number of hydrogen-bond donors (Lipinski definition) is 2. The number of allylic oxidation sites excluding steroid dienone is 6. The van der Waals surface area contributed by atoms with E-state index in [4.69, 9.17) is 0 Å². The van der Waals surface area contributed by atoms with Crippen LogP contribution in [0.4, 0.5) is 13.2 Å². The van der Waals surface area contributed by atoms with Crippen LogP contribution in [0.3, 0.4) is 0 Å². The van der Waals surface area contributed by atoms with Gasteiger partial charge in [-0.1, -0.05) is 23.8 Å². The number of carbonyl (C=O) groups excluding carboxylic acids is 4. The van der Waals surface area contributed by atoms with E-state index >= 15 is 0 Å². The van der Waals surface area contributed by atoms with Crippen molar-refractivity contribution in [3.63, 3.8) is 0 Å². The molecule has 1 saturated heterocycles. The largest absolute Gasteiger partial charge is 0.573 e. The second-order valence-electron chi connectivity index (χ2n) is 10.9. The number of aromatic hydroxyl groups is 2. The second-order valence-corrected chi connectivity index (χ2v) is 11.8. The van der Waals surface area contributed by atoms with Crippen molar-refractivity contribution in [3.05, 3.63) is 86.9 Å². The van der Waals surface area contributed by atoms with Crippen LogP contribution in [-0.4, -0.2) is 51.4 Å². The van der Waals surface area contributed by atoms with Gasteiger partial charge in [0.05, 0.1) is 16.3 Å². The molecule has 3 aliphatic carbocycles. The number of fused-ring (bicyclic) bond motifs is 3. The van der Waals surface area contributed by atoms with Gasteiger partial charge in [0.15, 0.2) is 11.6 Å². The number of alkyl halides is 3. The third-order valence-corrected chi connectivity index (χ3v) is 9.12. The Hall–Kier alpha value is -4.19. The Balaban J connectivity index is 1.40. The Bertz CT molecular complexity index is 1670. The van der Waals surface area contributed by atoms with E-state index in [2.05, 4.69) is 20.7 Å². The van der Waals surface area contributed by atoms with Crippen molar-refractivity contribution >= 4 is 39.3 Å². The number of ketones is 2. The van der Waals surface area contributed by atoms with Crippen LogP contribution in [0.1, 0.15) is 29.9 Å². The van der Waals surface area contributed by atoms with E-state index in [1.165, 1.54) is 17.0 Å². The molecule has 4 unspecified atom stereocenters. The molecule has 8 nitrogen and oxygen atoms in total. The first-order valence-corrected chi connectivity index (χ1v) is 14.2. The zero-order valence-electron chi connectivity index (χ0n) is 22.2. The number of carbonyl (C=O) groups is 4. The number of amides is 2. The van der Waals surface area contributed by atoms with E-state index in [0.29, 0.717) is 12.0 Å². The first kappa shape index (κ1) is 28.9. The maximum absolute atomic E-state index is 13.8. The van der Waals surface area contributed by atoms with Crippen molar-refractivity contribution in [2.75, 3.05) is 6.54 Å². The summed E-state index contributed by atoms with van der Waals surface area (Å²) in [5, 5.41) is 20.4. The van der Waals surface area contributed by atoms with E-state index in [1.54, 1.807) is 18.2 Å². The lowest BCUT2D eigenvalue weighted by atomic mass is 9.59. The molecule has 0 aromatic heterocycles. The van der Waals surface area contributed by atoms with E-state index in [1.807, 2.05) is 0 Å². The Morgan fingerprint density at radius 1 is 0.977 bits per heavy atom. The third-order valence-electron chi connectivity index (χ3n) is 8.53. The Morgan fingerprint density at radius 3 is 2.40 bits per heavy atom. The van der Waals surface area contributed by atoms with Crippen molar-refractivity contribution in [3.8, 4) is 17.2 Å². The van der Waals surface area contributed by atoms with Gasteiger partial charge in [-0.05, 0) is 77.0 Å². The van der Waals surface area contributed by atoms with Crippen molar-refractivity contribution in [1.29, 1.82) is 0 Å². The molecular weight excluding hydrogens is 635 g/mol. The number of nitrogens with zero attached hydrogens (tertiary/aromatic N) is 1. The lowest BCUT2D eigenvalue weighted by molar-refractivity contribution is -0.274. The fourth-order valence-corrected chi connectivity index (χ4v) is 7.16. The molecule has 0 radical (unpaired) electrons. The van der Waals surface area contributed by atoms with Crippen LogP contribution in [0.15, 0.2) is 75.8 Å². The Morgan fingerprint density at radius 2 is 1.70 bits per heavy atom. The van der Waals surface area contributed by atoms with E-state index < -0.39 is 59.0 Å². The van der Waals surface area contributed by atoms with Gasteiger partial charge in [0.25, 0.3) is 0 Å². The topological polar surface area (TPSA) is 121 Å². The van der Waals surface area contributed by atoms with Crippen molar-refractivity contribution in [1.82, 2.24) is 4.90 Å². The molecule has 0 saturated carbocycles. The van der Waals surface area contributed by atoms with Crippen molar-refractivity contribution in [2.24, 2.45) is 17.8 Å². The normalized spacial score (nSPS) is 25.3. The van der Waals surface area contributed by atoms with Crippen LogP contribution < -0.4 is 4.74 Å². The molecule has 2 aromatic rings. The molecule has 1 aliphatic heterocycles. The predicted octanol–water partition coefficient (Wildman–Crippen LogP) is 5.00. The number of phenolic OH excluding ortho intramolecular Hbond substituents is 2. The lowest BCUT2D eigenvalue weighted by Crippen LogP contribution is -2.39. The highest BCUT2D eigenvalue weighted by Crippen LogP contribution is 2.56. The SMILES string of the molecule is O=C1C=C(Br)C(=O)C2=C1C(c1cc(OC(F)(F)F)ccc1O)C1=CCC3C(=O)N(CCc4ccc(O)cc4)C(=O)C3C1C2. The van der Waals surface area contributed by atoms with Crippen LogP contribution in [0.25, 0.3) is 0 Å². The third kappa shape index (κ3) is 5.07. The summed E-state index contributed by atoms with van der Waals surface area (Å²) in [6.45, 7) is 0.0954. The lowest BCUT2D eigenvalue weighted by Gasteiger charge is -2.42. The zero-order chi connectivity index (χ0) is 30.8. The highest BCUT2D eigenvalue weighted by molar-refractivity contribution is 9.12. The molecule has 2 aromatic carbocycles. The van der Waals surface area contributed by atoms with Gasteiger partial charge < -0.3 is 14.9 Å². The monoisotopic (exact) mass is 657 g/mol. The zero-order valence-corrected chi connectivity index (χ0v) is 23.8. The number of halogens is 4. The van der Waals surface area contributed by atoms with E-state index in [0.717, 1.165) is 29.8 Å².